The Morgan fingerprint density at radius 1 is 0.523 bits per heavy atom. The van der Waals surface area contributed by atoms with E-state index in [2.05, 4.69) is 51.9 Å². The molecule has 4 aliphatic heterocycles. The summed E-state index contributed by atoms with van der Waals surface area (Å²) in [4.78, 5) is 88.1. The molecule has 6 aliphatic rings. The zero-order chi connectivity index (χ0) is 60.1. The number of benzene rings is 4. The van der Waals surface area contributed by atoms with Gasteiger partial charge in [0.15, 0.2) is 11.0 Å². The molecule has 6 amide bonds. The van der Waals surface area contributed by atoms with Gasteiger partial charge >= 0.3 is 0 Å². The van der Waals surface area contributed by atoms with Crippen molar-refractivity contribution < 1.29 is 59.9 Å². The maximum Gasteiger partial charge on any atom is 0.261 e. The van der Waals surface area contributed by atoms with Gasteiger partial charge < -0.3 is 41.3 Å². The fourth-order valence-corrected chi connectivity index (χ4v) is 13.5. The molecule has 0 unspecified atom stereocenters. The zero-order valence-corrected chi connectivity index (χ0v) is 55.3. The van der Waals surface area contributed by atoms with Crippen LogP contribution in [0.25, 0.3) is 20.9 Å². The van der Waals surface area contributed by atoms with Crippen LogP contribution in [0.15, 0.2) is 121 Å². The van der Waals surface area contributed by atoms with Crippen molar-refractivity contribution in [1.82, 2.24) is 36.3 Å². The molecular weight excluding hydrogens is 1390 g/mol. The molecule has 0 radical (unpaired) electrons. The van der Waals surface area contributed by atoms with Crippen molar-refractivity contribution in [3.05, 3.63) is 181 Å². The van der Waals surface area contributed by atoms with E-state index in [0.29, 0.717) is 88.2 Å². The molecule has 4 fully saturated rings. The average Bonchev–Trinajstić information content (AvgIpc) is 1.76. The quantitative estimate of drug-likeness (QED) is 0.0816. The Hall–Kier alpha value is -7.64. The van der Waals surface area contributed by atoms with Crippen LogP contribution in [0.2, 0.25) is 5.15 Å². The monoisotopic (exact) mass is 1460 g/mol. The number of hydrogen-bond donors (Lipinski definition) is 5. The third-order valence-corrected chi connectivity index (χ3v) is 18.6. The van der Waals surface area contributed by atoms with E-state index in [1.54, 1.807) is 72.5 Å². The summed E-state index contributed by atoms with van der Waals surface area (Å²) in [7, 11) is 0. The summed E-state index contributed by atoms with van der Waals surface area (Å²) < 4.78 is 0. The molecular formula is C66H65ClN12O6S2U. The Balaban J connectivity index is 0.000000167. The standard InChI is InChI=1S/C33H32N6O3S.C29H24ClN5O3S.C4H9N.U/c1-20-18-26(30(37-36-20)38-15-4-5-16-38)31(40)34-23-10-8-21(9-11-23)33(42)39-17-14-22-19-28(32(41)35-24-12-13-24)43-29(22)25-6-2-3-7-27(25)39;1-16-14-22(26(30)34-33-16)27(36)31-19-8-6-17(7-9-19)29(38)35-13-12-18-15-24(28(37)32-20-10-11-20)39-25(18)21-4-2-3-5-23(21)35;1-2-4-5-3-1;/h2-3,6-11,18-19,24H,4-5,12-17H2,1H3,(H,34,40)(H,35,41);2-9,14-15,20H,10-13H2,1H3,(H,31,36)(H,32,37);5H,1-4H2;. The van der Waals surface area contributed by atoms with Gasteiger partial charge in [0.25, 0.3) is 35.4 Å². The Morgan fingerprint density at radius 2 is 0.966 bits per heavy atom. The molecule has 2 saturated heterocycles. The predicted molar refractivity (Wildman–Crippen MR) is 342 cm³/mol. The van der Waals surface area contributed by atoms with E-state index in [1.807, 2.05) is 72.5 Å². The molecule has 0 spiro atoms. The molecule has 4 aromatic heterocycles. The van der Waals surface area contributed by atoms with Gasteiger partial charge in [0.2, 0.25) is 0 Å². The van der Waals surface area contributed by atoms with Crippen LogP contribution in [0.1, 0.15) is 135 Å². The number of fused-ring (bicyclic) bond motifs is 6. The van der Waals surface area contributed by atoms with Crippen molar-refractivity contribution in [3.8, 4) is 20.9 Å². The number of anilines is 5. The molecule has 18 nitrogen and oxygen atoms in total. The van der Waals surface area contributed by atoms with Gasteiger partial charge in [0.1, 0.15) is 0 Å². The maximum atomic E-state index is 13.8. The first-order chi connectivity index (χ1) is 42.3. The Labute approximate surface area is 547 Å². The number of aromatic nitrogens is 4. The number of hydrogen-bond acceptors (Lipinski definition) is 14. The van der Waals surface area contributed by atoms with Crippen molar-refractivity contribution in [2.45, 2.75) is 90.1 Å². The topological polar surface area (TPSA) is 224 Å². The number of thiophene rings is 2. The molecule has 2 aliphatic carbocycles. The molecule has 8 heterocycles. The normalized spacial score (nSPS) is 15.4. The van der Waals surface area contributed by atoms with Gasteiger partial charge in [-0.05, 0) is 187 Å². The number of nitrogens with one attached hydrogen (secondary N) is 5. The average molecular weight is 1460 g/mol. The largest absolute Gasteiger partial charge is 0.354 e. The van der Waals surface area contributed by atoms with Gasteiger partial charge in [-0.25, -0.2) is 0 Å². The van der Waals surface area contributed by atoms with Crippen molar-refractivity contribution >= 4 is 98.3 Å². The summed E-state index contributed by atoms with van der Waals surface area (Å²) in [5.41, 5.74) is 9.82. The van der Waals surface area contributed by atoms with E-state index < -0.39 is 5.91 Å². The summed E-state index contributed by atoms with van der Waals surface area (Å²) in [5.74, 6) is -0.342. The van der Waals surface area contributed by atoms with Crippen LogP contribution in [-0.4, -0.2) is 107 Å². The third-order valence-electron chi connectivity index (χ3n) is 15.9. The van der Waals surface area contributed by atoms with Crippen LogP contribution in [0.3, 0.4) is 0 Å². The number of para-hydroxylation sites is 2. The van der Waals surface area contributed by atoms with Crippen molar-refractivity contribution in [1.29, 1.82) is 0 Å². The van der Waals surface area contributed by atoms with E-state index in [1.165, 1.54) is 48.6 Å². The van der Waals surface area contributed by atoms with E-state index in [0.717, 1.165) is 99.9 Å². The van der Waals surface area contributed by atoms with E-state index in [9.17, 15) is 28.8 Å². The molecule has 0 atom stereocenters. The maximum absolute atomic E-state index is 13.8. The molecule has 22 heteroatoms. The van der Waals surface area contributed by atoms with Gasteiger partial charge in [-0.2, -0.15) is 10.2 Å². The molecule has 448 valence electrons. The second-order valence-corrected chi connectivity index (χ2v) is 25.0. The summed E-state index contributed by atoms with van der Waals surface area (Å²) in [6.45, 7) is 8.75. The van der Waals surface area contributed by atoms with Crippen molar-refractivity contribution in [3.63, 3.8) is 0 Å². The predicted octanol–water partition coefficient (Wildman–Crippen LogP) is 11.3. The first kappa shape index (κ1) is 62.0. The minimum atomic E-state index is -0.408. The number of nitrogens with zero attached hydrogens (tertiary/aromatic N) is 7. The number of carbonyl (C=O) groups excluding carboxylic acids is 6. The van der Waals surface area contributed by atoms with Crippen molar-refractivity contribution in [2.24, 2.45) is 0 Å². The number of rotatable bonds is 11. The second-order valence-electron chi connectivity index (χ2n) is 22.5. The molecule has 4 aromatic carbocycles. The summed E-state index contributed by atoms with van der Waals surface area (Å²) in [6.07, 6.45) is 10.4. The van der Waals surface area contributed by atoms with Gasteiger partial charge in [-0.3, -0.25) is 28.8 Å². The number of amides is 6. The first-order valence-corrected chi connectivity index (χ1v) is 31.6. The van der Waals surface area contributed by atoms with Gasteiger partial charge in [-0.15, -0.1) is 32.9 Å². The smallest absolute Gasteiger partial charge is 0.261 e. The van der Waals surface area contributed by atoms with Gasteiger partial charge in [0.05, 0.1) is 43.6 Å². The molecule has 5 N–H and O–H groups in total. The van der Waals surface area contributed by atoms with Crippen LogP contribution < -0.4 is 41.3 Å². The van der Waals surface area contributed by atoms with Crippen LogP contribution in [0, 0.1) is 45.0 Å². The Kier molecular flexibility index (Phi) is 19.6. The molecule has 14 rings (SSSR count). The first-order valence-electron chi connectivity index (χ1n) is 29.6. The van der Waals surface area contributed by atoms with Crippen LogP contribution >= 0.6 is 34.3 Å². The number of halogens is 1. The SMILES string of the molecule is C1CCNC1.Cc1cc(C(=O)Nc2ccc(C(=O)N3CCc4cc(C(=O)NC5CC5)sc4-c4ccccc43)cc2)c(Cl)nn1.Cc1cc(C(=O)Nc2ccc(C(=O)N3CCc4cc(C(=O)NC5CC5)sc4-c4ccccc43)cc2)c(N2CCCC2)nn1.[U]. The van der Waals surface area contributed by atoms with Gasteiger partial charge in [-0.1, -0.05) is 48.0 Å². The van der Waals surface area contributed by atoms with E-state index in [-0.39, 0.29) is 71.4 Å². The molecule has 88 heavy (non-hydrogen) atoms. The second kappa shape index (κ2) is 27.8. The molecule has 2 saturated carbocycles. The minimum Gasteiger partial charge on any atom is -0.354 e. The van der Waals surface area contributed by atoms with Crippen LogP contribution in [-0.2, 0) is 12.8 Å². The van der Waals surface area contributed by atoms with Gasteiger partial charge in [0, 0.05) is 113 Å². The van der Waals surface area contributed by atoms with Crippen molar-refractivity contribution in [2.75, 3.05) is 64.6 Å². The Bertz CT molecular complexity index is 3930. The number of carbonyl (C=O) groups is 6. The van der Waals surface area contributed by atoms with Crippen LogP contribution in [0.5, 0.6) is 0 Å². The van der Waals surface area contributed by atoms with E-state index >= 15 is 0 Å². The zero-order valence-electron chi connectivity index (χ0n) is 48.8. The summed E-state index contributed by atoms with van der Waals surface area (Å²) >= 11 is 9.00. The molecule has 0 bridgehead atoms. The fourth-order valence-electron chi connectivity index (χ4n) is 11.0. The summed E-state index contributed by atoms with van der Waals surface area (Å²) in [5, 5.41) is 31.3. The van der Waals surface area contributed by atoms with E-state index in [4.69, 9.17) is 11.6 Å². The third kappa shape index (κ3) is 14.4. The minimum absolute atomic E-state index is 0. The molecule has 8 aromatic rings. The fraction of sp³-hybridized carbons (Fsp3) is 0.303. The summed E-state index contributed by atoms with van der Waals surface area (Å²) in [6, 6.07) is 37.3. The number of aryl methyl sites for hydroxylation is 2. The Morgan fingerprint density at radius 3 is 1.42 bits per heavy atom. The van der Waals surface area contributed by atoms with Crippen LogP contribution in [0.4, 0.5) is 28.6 Å².